The van der Waals surface area contributed by atoms with Crippen LogP contribution in [0.15, 0.2) is 42.6 Å². The summed E-state index contributed by atoms with van der Waals surface area (Å²) >= 11 is 0. The van der Waals surface area contributed by atoms with Crippen LogP contribution in [0.3, 0.4) is 0 Å². The third-order valence-corrected chi connectivity index (χ3v) is 4.71. The number of unbranched alkanes of at least 4 members (excludes halogenated alkanes) is 1. The fourth-order valence-corrected chi connectivity index (χ4v) is 3.33. The standard InChI is InChI=1S/C20H25NO2/c1-2-3-6-16-9-8-15-10-11-18(13-19(15)20(16)22)23-14-17-7-4-5-12-21-17/h4-5,7,10-13,16,20,22H,2-3,6,8-9,14H2,1H3/t16-,20+/m1/s1. The number of pyridine rings is 1. The van der Waals surface area contributed by atoms with Crippen molar-refractivity contribution in [2.45, 2.75) is 51.7 Å². The molecule has 2 atom stereocenters. The van der Waals surface area contributed by atoms with E-state index in [9.17, 15) is 5.11 Å². The molecule has 23 heavy (non-hydrogen) atoms. The second kappa shape index (κ2) is 7.60. The lowest BCUT2D eigenvalue weighted by Gasteiger charge is -2.30. The lowest BCUT2D eigenvalue weighted by atomic mass is 9.79. The fourth-order valence-electron chi connectivity index (χ4n) is 3.33. The van der Waals surface area contributed by atoms with Crippen LogP contribution in [0.2, 0.25) is 0 Å². The first-order valence-electron chi connectivity index (χ1n) is 8.61. The lowest BCUT2D eigenvalue weighted by Crippen LogP contribution is -2.20. The molecule has 0 unspecified atom stereocenters. The van der Waals surface area contributed by atoms with Crippen molar-refractivity contribution in [1.29, 1.82) is 0 Å². The number of aryl methyl sites for hydroxylation is 1. The third kappa shape index (κ3) is 3.91. The van der Waals surface area contributed by atoms with E-state index < -0.39 is 0 Å². The van der Waals surface area contributed by atoms with Crippen molar-refractivity contribution in [2.75, 3.05) is 0 Å². The van der Waals surface area contributed by atoms with E-state index in [2.05, 4.69) is 18.0 Å². The zero-order chi connectivity index (χ0) is 16.1. The average Bonchev–Trinajstić information content (AvgIpc) is 2.60. The summed E-state index contributed by atoms with van der Waals surface area (Å²) in [5.41, 5.74) is 3.22. The number of aromatic nitrogens is 1. The van der Waals surface area contributed by atoms with Crippen LogP contribution in [0, 0.1) is 5.92 Å². The van der Waals surface area contributed by atoms with Crippen LogP contribution < -0.4 is 4.74 Å². The molecule has 1 heterocycles. The molecule has 1 aliphatic rings. The Morgan fingerprint density at radius 3 is 2.96 bits per heavy atom. The molecule has 3 rings (SSSR count). The topological polar surface area (TPSA) is 42.4 Å². The maximum Gasteiger partial charge on any atom is 0.130 e. The van der Waals surface area contributed by atoms with E-state index in [4.69, 9.17) is 4.74 Å². The van der Waals surface area contributed by atoms with Gasteiger partial charge >= 0.3 is 0 Å². The monoisotopic (exact) mass is 311 g/mol. The highest BCUT2D eigenvalue weighted by Crippen LogP contribution is 2.38. The molecule has 1 aromatic heterocycles. The summed E-state index contributed by atoms with van der Waals surface area (Å²) in [5.74, 6) is 1.19. The molecule has 0 bridgehead atoms. The molecule has 122 valence electrons. The van der Waals surface area contributed by atoms with Crippen molar-refractivity contribution in [2.24, 2.45) is 5.92 Å². The van der Waals surface area contributed by atoms with Gasteiger partial charge in [0.15, 0.2) is 0 Å². The van der Waals surface area contributed by atoms with Gasteiger partial charge in [0.1, 0.15) is 12.4 Å². The van der Waals surface area contributed by atoms with E-state index >= 15 is 0 Å². The maximum absolute atomic E-state index is 10.7. The van der Waals surface area contributed by atoms with Crippen LogP contribution in [0.5, 0.6) is 5.75 Å². The van der Waals surface area contributed by atoms with Gasteiger partial charge in [0.25, 0.3) is 0 Å². The van der Waals surface area contributed by atoms with Crippen LogP contribution in [0.1, 0.15) is 55.5 Å². The Bertz CT molecular complexity index is 627. The smallest absolute Gasteiger partial charge is 0.130 e. The minimum atomic E-state index is -0.358. The summed E-state index contributed by atoms with van der Waals surface area (Å²) < 4.78 is 5.85. The molecule has 1 aromatic carbocycles. The van der Waals surface area contributed by atoms with Gasteiger partial charge in [-0.1, -0.05) is 31.9 Å². The van der Waals surface area contributed by atoms with Crippen LogP contribution >= 0.6 is 0 Å². The molecule has 1 N–H and O–H groups in total. The SMILES string of the molecule is CCCC[C@@H]1CCc2ccc(OCc3ccccn3)cc2[C@H]1O. The first-order valence-corrected chi connectivity index (χ1v) is 8.61. The van der Waals surface area contributed by atoms with Crippen molar-refractivity contribution in [3.8, 4) is 5.75 Å². The number of benzene rings is 1. The van der Waals surface area contributed by atoms with Crippen molar-refractivity contribution in [3.05, 3.63) is 59.4 Å². The van der Waals surface area contributed by atoms with Gasteiger partial charge in [-0.05, 0) is 60.6 Å². The average molecular weight is 311 g/mol. The molecule has 3 nitrogen and oxygen atoms in total. The first-order chi connectivity index (χ1) is 11.3. The number of aliphatic hydroxyl groups excluding tert-OH is 1. The minimum Gasteiger partial charge on any atom is -0.487 e. The van der Waals surface area contributed by atoms with E-state index in [1.54, 1.807) is 6.20 Å². The molecule has 3 heteroatoms. The summed E-state index contributed by atoms with van der Waals surface area (Å²) in [6.45, 7) is 2.65. The number of fused-ring (bicyclic) bond motifs is 1. The minimum absolute atomic E-state index is 0.358. The Balaban J connectivity index is 1.69. The Kier molecular flexibility index (Phi) is 5.29. The zero-order valence-electron chi connectivity index (χ0n) is 13.7. The Morgan fingerprint density at radius 1 is 1.26 bits per heavy atom. The molecule has 0 saturated heterocycles. The number of aliphatic hydroxyl groups is 1. The number of nitrogens with zero attached hydrogens (tertiary/aromatic N) is 1. The third-order valence-electron chi connectivity index (χ3n) is 4.71. The number of hydrogen-bond donors (Lipinski definition) is 1. The second-order valence-corrected chi connectivity index (χ2v) is 6.36. The first kappa shape index (κ1) is 16.0. The van der Waals surface area contributed by atoms with Gasteiger partial charge < -0.3 is 9.84 Å². The van der Waals surface area contributed by atoms with Gasteiger partial charge in [-0.25, -0.2) is 0 Å². The van der Waals surface area contributed by atoms with Crippen molar-refractivity contribution in [1.82, 2.24) is 4.98 Å². The molecule has 0 spiro atoms. The summed E-state index contributed by atoms with van der Waals surface area (Å²) in [5, 5.41) is 10.7. The Morgan fingerprint density at radius 2 is 2.17 bits per heavy atom. The van der Waals surface area contributed by atoms with Gasteiger partial charge in [-0.15, -0.1) is 0 Å². The van der Waals surface area contributed by atoms with Gasteiger partial charge in [0.2, 0.25) is 0 Å². The van der Waals surface area contributed by atoms with E-state index in [0.29, 0.717) is 12.5 Å². The molecule has 0 saturated carbocycles. The van der Waals surface area contributed by atoms with Crippen LogP contribution in [0.25, 0.3) is 0 Å². The predicted octanol–water partition coefficient (Wildman–Crippen LogP) is 4.45. The van der Waals surface area contributed by atoms with Crippen molar-refractivity contribution >= 4 is 0 Å². The van der Waals surface area contributed by atoms with E-state index in [-0.39, 0.29) is 6.10 Å². The number of hydrogen-bond acceptors (Lipinski definition) is 3. The Hall–Kier alpha value is -1.87. The van der Waals surface area contributed by atoms with Crippen molar-refractivity contribution < 1.29 is 9.84 Å². The summed E-state index contributed by atoms with van der Waals surface area (Å²) in [6, 6.07) is 11.9. The molecule has 0 radical (unpaired) electrons. The second-order valence-electron chi connectivity index (χ2n) is 6.36. The predicted molar refractivity (Wildman–Crippen MR) is 91.3 cm³/mol. The molecule has 2 aromatic rings. The molecular formula is C20H25NO2. The van der Waals surface area contributed by atoms with E-state index in [0.717, 1.165) is 36.3 Å². The Labute approximate surface area is 138 Å². The highest BCUT2D eigenvalue weighted by atomic mass is 16.5. The molecule has 0 amide bonds. The largest absolute Gasteiger partial charge is 0.487 e. The van der Waals surface area contributed by atoms with E-state index in [1.165, 1.54) is 18.4 Å². The van der Waals surface area contributed by atoms with Gasteiger partial charge in [0.05, 0.1) is 11.8 Å². The fraction of sp³-hybridized carbons (Fsp3) is 0.450. The van der Waals surface area contributed by atoms with Gasteiger partial charge in [0, 0.05) is 6.20 Å². The maximum atomic E-state index is 10.7. The van der Waals surface area contributed by atoms with Gasteiger partial charge in [-0.3, -0.25) is 4.98 Å². The normalized spacial score (nSPS) is 20.1. The van der Waals surface area contributed by atoms with Crippen LogP contribution in [0.4, 0.5) is 0 Å². The lowest BCUT2D eigenvalue weighted by molar-refractivity contribution is 0.0868. The molecule has 1 aliphatic carbocycles. The van der Waals surface area contributed by atoms with Gasteiger partial charge in [-0.2, -0.15) is 0 Å². The van der Waals surface area contributed by atoms with E-state index in [1.807, 2.05) is 30.3 Å². The zero-order valence-corrected chi connectivity index (χ0v) is 13.7. The summed E-state index contributed by atoms with van der Waals surface area (Å²) in [7, 11) is 0. The number of rotatable bonds is 6. The highest BCUT2D eigenvalue weighted by molar-refractivity contribution is 5.39. The molecule has 0 aliphatic heterocycles. The molecule has 0 fully saturated rings. The van der Waals surface area contributed by atoms with Crippen molar-refractivity contribution in [3.63, 3.8) is 0 Å². The quantitative estimate of drug-likeness (QED) is 0.857. The van der Waals surface area contributed by atoms with Crippen LogP contribution in [-0.2, 0) is 13.0 Å². The number of ether oxygens (including phenoxy) is 1. The van der Waals surface area contributed by atoms with Crippen LogP contribution in [-0.4, -0.2) is 10.1 Å². The summed E-state index contributed by atoms with van der Waals surface area (Å²) in [6.07, 6.45) is 7.03. The molecular weight excluding hydrogens is 286 g/mol. The summed E-state index contributed by atoms with van der Waals surface area (Å²) in [4.78, 5) is 4.27. The highest BCUT2D eigenvalue weighted by Gasteiger charge is 2.27.